The summed E-state index contributed by atoms with van der Waals surface area (Å²) in [5.41, 5.74) is 0. The summed E-state index contributed by atoms with van der Waals surface area (Å²) in [4.78, 5) is 4.61. The first-order valence-electron chi connectivity index (χ1n) is 7.79. The molecule has 1 unspecified atom stereocenters. The lowest BCUT2D eigenvalue weighted by Crippen LogP contribution is -2.16. The lowest BCUT2D eigenvalue weighted by Gasteiger charge is -2.26. The highest BCUT2D eigenvalue weighted by molar-refractivity contribution is 5.00. The Kier molecular flexibility index (Phi) is 5.37. The van der Waals surface area contributed by atoms with Crippen LogP contribution in [-0.2, 0) is 0 Å². The molecule has 1 fully saturated rings. The van der Waals surface area contributed by atoms with E-state index in [2.05, 4.69) is 29.3 Å². The molecule has 1 aliphatic rings. The highest BCUT2D eigenvalue weighted by Gasteiger charge is 2.26. The first kappa shape index (κ1) is 14.5. The predicted octanol–water partition coefficient (Wildman–Crippen LogP) is 3.81. The lowest BCUT2D eigenvalue weighted by molar-refractivity contribution is 0.292. The van der Waals surface area contributed by atoms with E-state index in [1.54, 1.807) is 0 Å². The van der Waals surface area contributed by atoms with Crippen LogP contribution in [0.2, 0.25) is 0 Å². The molecule has 0 aliphatic heterocycles. The van der Waals surface area contributed by atoms with E-state index in [1.165, 1.54) is 38.5 Å². The third-order valence-corrected chi connectivity index (χ3v) is 4.42. The monoisotopic (exact) mass is 265 g/mol. The van der Waals surface area contributed by atoms with Gasteiger partial charge < -0.3 is 9.84 Å². The molecule has 1 heterocycles. The van der Waals surface area contributed by atoms with Crippen LogP contribution in [0.5, 0.6) is 0 Å². The zero-order valence-electron chi connectivity index (χ0n) is 12.5. The minimum absolute atomic E-state index is 0.192. The van der Waals surface area contributed by atoms with Crippen molar-refractivity contribution in [2.24, 2.45) is 5.92 Å². The van der Waals surface area contributed by atoms with E-state index < -0.39 is 0 Å². The second-order valence-corrected chi connectivity index (χ2v) is 5.75. The van der Waals surface area contributed by atoms with Crippen LogP contribution >= 0.6 is 0 Å². The molecule has 1 saturated carbocycles. The summed E-state index contributed by atoms with van der Waals surface area (Å²) in [5.74, 6) is 3.11. The van der Waals surface area contributed by atoms with E-state index in [4.69, 9.17) is 4.52 Å². The summed E-state index contributed by atoms with van der Waals surface area (Å²) in [6, 6.07) is 0.192. The molecule has 19 heavy (non-hydrogen) atoms. The summed E-state index contributed by atoms with van der Waals surface area (Å²) in [6.07, 6.45) is 8.75. The first-order valence-corrected chi connectivity index (χ1v) is 7.79. The number of aromatic nitrogens is 2. The van der Waals surface area contributed by atoms with Gasteiger partial charge in [0.25, 0.3) is 0 Å². The molecule has 4 heteroatoms. The Morgan fingerprint density at radius 1 is 1.26 bits per heavy atom. The summed E-state index contributed by atoms with van der Waals surface area (Å²) in [7, 11) is 1.94. The van der Waals surface area contributed by atoms with Crippen molar-refractivity contribution in [3.8, 4) is 0 Å². The standard InChI is InChI=1S/C15H27N3O/c1-4-6-11-7-9-12(10-8-11)14-17-15(19-18-14)13(5-2)16-3/h11-13,16H,4-10H2,1-3H3. The molecule has 1 atom stereocenters. The van der Waals surface area contributed by atoms with Gasteiger partial charge in [0.05, 0.1) is 6.04 Å². The van der Waals surface area contributed by atoms with Gasteiger partial charge in [-0.05, 0) is 45.1 Å². The number of rotatable bonds is 6. The number of nitrogens with one attached hydrogen (secondary N) is 1. The van der Waals surface area contributed by atoms with Crippen molar-refractivity contribution < 1.29 is 4.52 Å². The highest BCUT2D eigenvalue weighted by atomic mass is 16.5. The molecule has 108 valence electrons. The molecule has 1 aromatic heterocycles. The smallest absolute Gasteiger partial charge is 0.243 e. The summed E-state index contributed by atoms with van der Waals surface area (Å²) in [6.45, 7) is 4.40. The minimum Gasteiger partial charge on any atom is -0.338 e. The molecule has 1 N–H and O–H groups in total. The van der Waals surface area contributed by atoms with Crippen molar-refractivity contribution in [1.82, 2.24) is 15.5 Å². The van der Waals surface area contributed by atoms with Gasteiger partial charge in [-0.3, -0.25) is 0 Å². The van der Waals surface area contributed by atoms with Gasteiger partial charge in [0.15, 0.2) is 5.82 Å². The van der Waals surface area contributed by atoms with Crippen molar-refractivity contribution in [2.75, 3.05) is 7.05 Å². The highest BCUT2D eigenvalue weighted by Crippen LogP contribution is 2.36. The maximum absolute atomic E-state index is 5.41. The fraction of sp³-hybridized carbons (Fsp3) is 0.867. The van der Waals surface area contributed by atoms with E-state index in [0.29, 0.717) is 5.92 Å². The van der Waals surface area contributed by atoms with E-state index in [9.17, 15) is 0 Å². The third-order valence-electron chi connectivity index (χ3n) is 4.42. The van der Waals surface area contributed by atoms with Crippen LogP contribution in [0, 0.1) is 5.92 Å². The van der Waals surface area contributed by atoms with Gasteiger partial charge in [0, 0.05) is 5.92 Å². The van der Waals surface area contributed by atoms with Gasteiger partial charge in [-0.25, -0.2) is 0 Å². The van der Waals surface area contributed by atoms with Crippen LogP contribution < -0.4 is 5.32 Å². The molecule has 4 nitrogen and oxygen atoms in total. The topological polar surface area (TPSA) is 51.0 Å². The molecular formula is C15H27N3O. The van der Waals surface area contributed by atoms with E-state index in [0.717, 1.165) is 24.1 Å². The number of hydrogen-bond acceptors (Lipinski definition) is 4. The molecule has 0 spiro atoms. The molecule has 0 aromatic carbocycles. The fourth-order valence-corrected chi connectivity index (χ4v) is 3.17. The zero-order valence-corrected chi connectivity index (χ0v) is 12.5. The largest absolute Gasteiger partial charge is 0.338 e. The SMILES string of the molecule is CCCC1CCC(c2noc(C(CC)NC)n2)CC1. The molecular weight excluding hydrogens is 238 g/mol. The van der Waals surface area contributed by atoms with Crippen molar-refractivity contribution in [3.05, 3.63) is 11.7 Å². The summed E-state index contributed by atoms with van der Waals surface area (Å²) >= 11 is 0. The lowest BCUT2D eigenvalue weighted by atomic mass is 9.80. The van der Waals surface area contributed by atoms with Gasteiger partial charge in [0.2, 0.25) is 5.89 Å². The Morgan fingerprint density at radius 2 is 2.00 bits per heavy atom. The van der Waals surface area contributed by atoms with Crippen molar-refractivity contribution in [3.63, 3.8) is 0 Å². The Labute approximate surface area is 116 Å². The first-order chi connectivity index (χ1) is 9.28. The molecule has 1 aliphatic carbocycles. The molecule has 0 bridgehead atoms. The van der Waals surface area contributed by atoms with Crippen LogP contribution in [0.15, 0.2) is 4.52 Å². The predicted molar refractivity (Wildman–Crippen MR) is 76.0 cm³/mol. The second kappa shape index (κ2) is 7.04. The van der Waals surface area contributed by atoms with Crippen LogP contribution in [0.4, 0.5) is 0 Å². The van der Waals surface area contributed by atoms with E-state index >= 15 is 0 Å². The number of hydrogen-bond donors (Lipinski definition) is 1. The van der Waals surface area contributed by atoms with Gasteiger partial charge >= 0.3 is 0 Å². The van der Waals surface area contributed by atoms with Crippen molar-refractivity contribution in [1.29, 1.82) is 0 Å². The second-order valence-electron chi connectivity index (χ2n) is 5.75. The summed E-state index contributed by atoms with van der Waals surface area (Å²) in [5, 5.41) is 7.41. The molecule has 0 amide bonds. The van der Waals surface area contributed by atoms with Gasteiger partial charge in [-0.1, -0.05) is 31.8 Å². The Bertz CT molecular complexity index is 365. The van der Waals surface area contributed by atoms with Gasteiger partial charge in [-0.2, -0.15) is 4.98 Å². The third kappa shape index (κ3) is 3.56. The van der Waals surface area contributed by atoms with Crippen LogP contribution in [0.3, 0.4) is 0 Å². The Morgan fingerprint density at radius 3 is 2.58 bits per heavy atom. The molecule has 2 rings (SSSR count). The number of nitrogens with zero attached hydrogens (tertiary/aromatic N) is 2. The van der Waals surface area contributed by atoms with Gasteiger partial charge in [-0.15, -0.1) is 0 Å². The Hall–Kier alpha value is -0.900. The normalized spacial score (nSPS) is 25.4. The van der Waals surface area contributed by atoms with Crippen LogP contribution in [0.1, 0.15) is 82.5 Å². The van der Waals surface area contributed by atoms with Crippen LogP contribution in [0.25, 0.3) is 0 Å². The zero-order chi connectivity index (χ0) is 13.7. The van der Waals surface area contributed by atoms with Crippen LogP contribution in [-0.4, -0.2) is 17.2 Å². The van der Waals surface area contributed by atoms with E-state index in [1.807, 2.05) is 7.05 Å². The molecule has 0 radical (unpaired) electrons. The maximum atomic E-state index is 5.41. The van der Waals surface area contributed by atoms with Crippen molar-refractivity contribution >= 4 is 0 Å². The summed E-state index contributed by atoms with van der Waals surface area (Å²) < 4.78 is 5.41. The average Bonchev–Trinajstić information content (AvgIpc) is 2.91. The quantitative estimate of drug-likeness (QED) is 0.849. The average molecular weight is 265 g/mol. The molecule has 0 saturated heterocycles. The maximum Gasteiger partial charge on any atom is 0.243 e. The molecule has 1 aromatic rings. The van der Waals surface area contributed by atoms with Gasteiger partial charge in [0.1, 0.15) is 0 Å². The minimum atomic E-state index is 0.192. The Balaban J connectivity index is 1.93. The van der Waals surface area contributed by atoms with Crippen molar-refractivity contribution in [2.45, 2.75) is 70.8 Å². The fourth-order valence-electron chi connectivity index (χ4n) is 3.17. The van der Waals surface area contributed by atoms with E-state index in [-0.39, 0.29) is 6.04 Å².